The predicted octanol–water partition coefficient (Wildman–Crippen LogP) is 2.95. The number of hydrogen-bond acceptors (Lipinski definition) is 3. The zero-order valence-electron chi connectivity index (χ0n) is 16.7. The zero-order valence-corrected chi connectivity index (χ0v) is 18.3. The Morgan fingerprint density at radius 1 is 1.00 bits per heavy atom. The molecule has 0 atom stereocenters. The Balaban J connectivity index is 2.21. The molecule has 2 aromatic carbocycles. The molecule has 0 N–H and O–H groups in total. The number of halogens is 1. The van der Waals surface area contributed by atoms with E-state index < -0.39 is 15.8 Å². The lowest BCUT2D eigenvalue weighted by atomic mass is 10.2. The van der Waals surface area contributed by atoms with Gasteiger partial charge in [-0.3, -0.25) is 9.48 Å². The van der Waals surface area contributed by atoms with E-state index in [4.69, 9.17) is 11.6 Å². The van der Waals surface area contributed by atoms with Gasteiger partial charge in [-0.05, 0) is 36.8 Å². The first-order valence-electron chi connectivity index (χ1n) is 8.93. The molecule has 9 heteroatoms. The molecule has 1 aromatic heterocycles. The largest absolute Gasteiger partial charge is 0.304 e. The van der Waals surface area contributed by atoms with Crippen LogP contribution in [0.4, 0.5) is 5.69 Å². The van der Waals surface area contributed by atoms with Crippen LogP contribution in [0.3, 0.4) is 0 Å². The summed E-state index contributed by atoms with van der Waals surface area (Å²) in [6.45, 7) is 1.74. The second-order valence-electron chi connectivity index (χ2n) is 6.83. The Bertz CT molecular complexity index is 1170. The van der Waals surface area contributed by atoms with E-state index in [9.17, 15) is 13.2 Å². The maximum Gasteiger partial charge on any atom is 0.304 e. The lowest BCUT2D eigenvalue weighted by Gasteiger charge is -2.26. The van der Waals surface area contributed by atoms with Crippen molar-refractivity contribution in [2.24, 2.45) is 7.05 Å². The van der Waals surface area contributed by atoms with Crippen LogP contribution in [0.15, 0.2) is 59.4 Å². The summed E-state index contributed by atoms with van der Waals surface area (Å²) in [7, 11) is 0.693. The van der Waals surface area contributed by atoms with E-state index in [0.29, 0.717) is 22.0 Å². The lowest BCUT2D eigenvalue weighted by molar-refractivity contribution is 0.514. The topological polar surface area (TPSA) is 67.6 Å². The van der Waals surface area contributed by atoms with Gasteiger partial charge in [-0.1, -0.05) is 41.9 Å². The van der Waals surface area contributed by atoms with Gasteiger partial charge in [0.25, 0.3) is 5.56 Å². The first-order valence-corrected chi connectivity index (χ1v) is 10.7. The van der Waals surface area contributed by atoms with Crippen molar-refractivity contribution in [1.82, 2.24) is 13.7 Å². The highest BCUT2D eigenvalue weighted by Crippen LogP contribution is 2.25. The fourth-order valence-electron chi connectivity index (χ4n) is 3.07. The van der Waals surface area contributed by atoms with Crippen molar-refractivity contribution in [1.29, 1.82) is 0 Å². The van der Waals surface area contributed by atoms with Crippen LogP contribution in [-0.2, 0) is 23.8 Å². The highest BCUT2D eigenvalue weighted by molar-refractivity contribution is 7.90. The summed E-state index contributed by atoms with van der Waals surface area (Å²) in [5, 5.41) is 0.554. The van der Waals surface area contributed by atoms with E-state index >= 15 is 0 Å². The highest BCUT2D eigenvalue weighted by atomic mass is 35.5. The van der Waals surface area contributed by atoms with Crippen LogP contribution in [0.5, 0.6) is 0 Å². The van der Waals surface area contributed by atoms with Gasteiger partial charge in [0, 0.05) is 26.2 Å². The van der Waals surface area contributed by atoms with Crippen molar-refractivity contribution in [2.45, 2.75) is 13.5 Å². The van der Waals surface area contributed by atoms with Crippen LogP contribution in [0, 0.1) is 6.92 Å². The minimum atomic E-state index is -3.92. The van der Waals surface area contributed by atoms with Crippen molar-refractivity contribution < 1.29 is 8.42 Å². The van der Waals surface area contributed by atoms with Gasteiger partial charge in [-0.2, -0.15) is 12.7 Å². The van der Waals surface area contributed by atoms with Crippen LogP contribution < -0.4 is 9.86 Å². The molecule has 0 aliphatic rings. The molecule has 0 bridgehead atoms. The van der Waals surface area contributed by atoms with Crippen LogP contribution in [0.2, 0.25) is 5.02 Å². The Hall–Kier alpha value is -2.55. The van der Waals surface area contributed by atoms with E-state index in [1.54, 1.807) is 55.1 Å². The molecular weight excluding hydrogens is 412 g/mol. The number of rotatable bonds is 6. The van der Waals surface area contributed by atoms with Crippen molar-refractivity contribution in [3.63, 3.8) is 0 Å². The summed E-state index contributed by atoms with van der Waals surface area (Å²) in [5.74, 6) is 0. The normalized spacial score (nSPS) is 11.8. The summed E-state index contributed by atoms with van der Waals surface area (Å²) < 4.78 is 31.6. The third-order valence-electron chi connectivity index (χ3n) is 4.75. The molecular formula is C20H23ClN4O3S. The summed E-state index contributed by atoms with van der Waals surface area (Å²) in [6.07, 6.45) is 0. The van der Waals surface area contributed by atoms with E-state index in [0.717, 1.165) is 8.61 Å². The molecule has 29 heavy (non-hydrogen) atoms. The molecule has 1 heterocycles. The fraction of sp³-hybridized carbons (Fsp3) is 0.250. The summed E-state index contributed by atoms with van der Waals surface area (Å²) in [6, 6.07) is 16.0. The summed E-state index contributed by atoms with van der Waals surface area (Å²) in [4.78, 5) is 13.4. The lowest BCUT2D eigenvalue weighted by Crippen LogP contribution is -2.42. The molecule has 0 aliphatic carbocycles. The van der Waals surface area contributed by atoms with Crippen LogP contribution in [0.1, 0.15) is 11.3 Å². The van der Waals surface area contributed by atoms with Crippen molar-refractivity contribution in [3.05, 3.63) is 81.2 Å². The molecule has 3 rings (SSSR count). The smallest absolute Gasteiger partial charge is 0.283 e. The van der Waals surface area contributed by atoms with Crippen molar-refractivity contribution in [3.8, 4) is 5.69 Å². The van der Waals surface area contributed by atoms with Gasteiger partial charge in [0.1, 0.15) is 5.69 Å². The standard InChI is InChI=1S/C20H23ClN4O3S/c1-15-19(20(26)25(23(15)4)18-8-6-5-7-9-18)24(29(27,28)22(2)3)14-16-10-12-17(21)13-11-16/h5-13H,14H2,1-4H3. The minimum absolute atomic E-state index is 0.00651. The van der Waals surface area contributed by atoms with E-state index in [1.165, 1.54) is 18.8 Å². The zero-order chi connectivity index (χ0) is 21.3. The average Bonchev–Trinajstić information content (AvgIpc) is 2.90. The molecule has 0 aliphatic heterocycles. The van der Waals surface area contributed by atoms with Gasteiger partial charge in [-0.15, -0.1) is 0 Å². The van der Waals surface area contributed by atoms with E-state index in [2.05, 4.69) is 0 Å². The predicted molar refractivity (Wildman–Crippen MR) is 116 cm³/mol. The average molecular weight is 435 g/mol. The molecule has 0 saturated heterocycles. The SMILES string of the molecule is Cc1c(N(Cc2ccc(Cl)cc2)S(=O)(=O)N(C)C)c(=O)n(-c2ccccc2)n1C. The van der Waals surface area contributed by atoms with Gasteiger partial charge in [0.05, 0.1) is 17.9 Å². The Morgan fingerprint density at radius 2 is 1.59 bits per heavy atom. The van der Waals surface area contributed by atoms with Crippen LogP contribution in [-0.4, -0.2) is 36.2 Å². The number of para-hydroxylation sites is 1. The molecule has 3 aromatic rings. The summed E-state index contributed by atoms with van der Waals surface area (Å²) in [5.41, 5.74) is 1.62. The van der Waals surface area contributed by atoms with Crippen molar-refractivity contribution in [2.75, 3.05) is 18.4 Å². The number of nitrogens with zero attached hydrogens (tertiary/aromatic N) is 4. The van der Waals surface area contributed by atoms with Gasteiger partial charge in [-0.25, -0.2) is 8.99 Å². The van der Waals surface area contributed by atoms with Gasteiger partial charge in [0.15, 0.2) is 0 Å². The highest BCUT2D eigenvalue weighted by Gasteiger charge is 2.32. The minimum Gasteiger partial charge on any atom is -0.283 e. The molecule has 0 fully saturated rings. The first-order chi connectivity index (χ1) is 13.6. The third-order valence-corrected chi connectivity index (χ3v) is 6.80. The fourth-order valence-corrected chi connectivity index (χ4v) is 4.34. The van der Waals surface area contributed by atoms with E-state index in [-0.39, 0.29) is 12.2 Å². The first kappa shape index (κ1) is 21.2. The molecule has 7 nitrogen and oxygen atoms in total. The quantitative estimate of drug-likeness (QED) is 0.599. The molecule has 0 unspecified atom stereocenters. The maximum absolute atomic E-state index is 13.4. The molecule has 0 amide bonds. The van der Waals surface area contributed by atoms with Crippen LogP contribution in [0.25, 0.3) is 5.69 Å². The van der Waals surface area contributed by atoms with Crippen LogP contribution >= 0.6 is 11.6 Å². The Morgan fingerprint density at radius 3 is 2.14 bits per heavy atom. The molecule has 0 radical (unpaired) electrons. The number of aromatic nitrogens is 2. The molecule has 0 spiro atoms. The monoisotopic (exact) mass is 434 g/mol. The Labute approximate surface area is 175 Å². The molecule has 0 saturated carbocycles. The number of anilines is 1. The second kappa shape index (κ2) is 8.06. The van der Waals surface area contributed by atoms with E-state index in [1.807, 2.05) is 18.2 Å². The molecule has 154 valence electrons. The van der Waals surface area contributed by atoms with Gasteiger partial charge >= 0.3 is 10.2 Å². The Kier molecular flexibility index (Phi) is 5.88. The number of benzene rings is 2. The third kappa shape index (κ3) is 3.96. The van der Waals surface area contributed by atoms with Gasteiger partial charge in [0.2, 0.25) is 0 Å². The van der Waals surface area contributed by atoms with Crippen molar-refractivity contribution >= 4 is 27.5 Å². The number of hydrogen-bond donors (Lipinski definition) is 0. The van der Waals surface area contributed by atoms with Gasteiger partial charge < -0.3 is 0 Å². The second-order valence-corrected chi connectivity index (χ2v) is 9.34. The summed E-state index contributed by atoms with van der Waals surface area (Å²) >= 11 is 5.95. The maximum atomic E-state index is 13.4.